The molecule has 17 heavy (non-hydrogen) atoms. The third kappa shape index (κ3) is 3.44. The van der Waals surface area contributed by atoms with E-state index < -0.39 is 11.5 Å². The van der Waals surface area contributed by atoms with Gasteiger partial charge in [0.2, 0.25) is 0 Å². The molecule has 0 amide bonds. The zero-order chi connectivity index (χ0) is 12.9. The van der Waals surface area contributed by atoms with E-state index in [0.717, 1.165) is 11.3 Å². The van der Waals surface area contributed by atoms with Crippen molar-refractivity contribution in [1.29, 1.82) is 0 Å². The van der Waals surface area contributed by atoms with Crippen LogP contribution in [0.3, 0.4) is 0 Å². The Labute approximate surface area is 101 Å². The molecule has 0 spiro atoms. The van der Waals surface area contributed by atoms with Gasteiger partial charge < -0.3 is 9.84 Å². The minimum absolute atomic E-state index is 0.291. The highest BCUT2D eigenvalue weighted by Gasteiger charge is 2.31. The van der Waals surface area contributed by atoms with Crippen molar-refractivity contribution in [1.82, 2.24) is 5.43 Å². The third-order valence-electron chi connectivity index (χ3n) is 2.56. The van der Waals surface area contributed by atoms with Gasteiger partial charge in [-0.15, -0.1) is 0 Å². The molecule has 0 fully saturated rings. The van der Waals surface area contributed by atoms with Crippen molar-refractivity contribution in [2.24, 2.45) is 5.84 Å². The van der Waals surface area contributed by atoms with Gasteiger partial charge in [0, 0.05) is 6.42 Å². The van der Waals surface area contributed by atoms with Crippen LogP contribution in [0.1, 0.15) is 19.4 Å². The molecule has 1 aromatic carbocycles. The summed E-state index contributed by atoms with van der Waals surface area (Å²) in [6, 6.07) is 7.34. The van der Waals surface area contributed by atoms with Crippen LogP contribution in [0.15, 0.2) is 24.3 Å². The molecule has 0 aliphatic rings. The molecule has 1 rings (SSSR count). The molecule has 5 heteroatoms. The lowest BCUT2D eigenvalue weighted by Crippen LogP contribution is -2.54. The average Bonchev–Trinajstić information content (AvgIpc) is 2.29. The second-order valence-corrected chi connectivity index (χ2v) is 4.04. The van der Waals surface area contributed by atoms with Gasteiger partial charge in [-0.3, -0.25) is 10.6 Å². The number of nitrogens with one attached hydrogen (secondary N) is 1. The Morgan fingerprint density at radius 1 is 1.59 bits per heavy atom. The Morgan fingerprint density at radius 2 is 2.29 bits per heavy atom. The van der Waals surface area contributed by atoms with Crippen LogP contribution in [-0.4, -0.2) is 23.2 Å². The van der Waals surface area contributed by atoms with Gasteiger partial charge in [0.15, 0.2) is 0 Å². The summed E-state index contributed by atoms with van der Waals surface area (Å²) in [5.41, 5.74) is 2.02. The van der Waals surface area contributed by atoms with Crippen molar-refractivity contribution in [2.45, 2.75) is 25.8 Å². The van der Waals surface area contributed by atoms with Crippen LogP contribution in [0.5, 0.6) is 5.75 Å². The molecular weight excluding hydrogens is 220 g/mol. The molecule has 0 radical (unpaired) electrons. The molecule has 94 valence electrons. The van der Waals surface area contributed by atoms with Crippen LogP contribution in [-0.2, 0) is 11.2 Å². The molecule has 0 heterocycles. The van der Waals surface area contributed by atoms with Crippen molar-refractivity contribution in [3.63, 3.8) is 0 Å². The number of hydrogen-bond donors (Lipinski definition) is 3. The highest BCUT2D eigenvalue weighted by molar-refractivity contribution is 5.78. The van der Waals surface area contributed by atoms with Crippen LogP contribution in [0, 0.1) is 0 Å². The number of nitrogens with two attached hydrogens (primary N) is 1. The Bertz CT molecular complexity index is 395. The van der Waals surface area contributed by atoms with Crippen LogP contribution in [0.25, 0.3) is 0 Å². The lowest BCUT2D eigenvalue weighted by molar-refractivity contribution is -0.144. The minimum Gasteiger partial charge on any atom is -0.494 e. The van der Waals surface area contributed by atoms with Crippen molar-refractivity contribution in [3.05, 3.63) is 29.8 Å². The average molecular weight is 238 g/mol. The maximum atomic E-state index is 11.1. The monoisotopic (exact) mass is 238 g/mol. The molecule has 0 saturated heterocycles. The van der Waals surface area contributed by atoms with E-state index in [-0.39, 0.29) is 0 Å². The summed E-state index contributed by atoms with van der Waals surface area (Å²) in [5.74, 6) is 5.04. The number of aliphatic carboxylic acids is 1. The van der Waals surface area contributed by atoms with Crippen molar-refractivity contribution in [2.75, 3.05) is 6.61 Å². The maximum Gasteiger partial charge on any atom is 0.325 e. The SMILES string of the molecule is CCOc1cccc(CC(C)(NN)C(=O)O)c1. The fraction of sp³-hybridized carbons (Fsp3) is 0.417. The second-order valence-electron chi connectivity index (χ2n) is 4.04. The summed E-state index contributed by atoms with van der Waals surface area (Å²) in [6.45, 7) is 4.02. The molecule has 0 aromatic heterocycles. The molecule has 1 atom stereocenters. The van der Waals surface area contributed by atoms with E-state index in [0.29, 0.717) is 13.0 Å². The van der Waals surface area contributed by atoms with Gasteiger partial charge in [-0.2, -0.15) is 0 Å². The van der Waals surface area contributed by atoms with Crippen LogP contribution in [0.2, 0.25) is 0 Å². The molecular formula is C12H18N2O3. The molecule has 0 saturated carbocycles. The summed E-state index contributed by atoms with van der Waals surface area (Å²) in [4.78, 5) is 11.1. The van der Waals surface area contributed by atoms with Crippen molar-refractivity contribution >= 4 is 5.97 Å². The van der Waals surface area contributed by atoms with E-state index in [1.54, 1.807) is 6.92 Å². The van der Waals surface area contributed by atoms with Crippen molar-refractivity contribution < 1.29 is 14.6 Å². The van der Waals surface area contributed by atoms with Crippen LogP contribution >= 0.6 is 0 Å². The summed E-state index contributed by atoms with van der Waals surface area (Å²) < 4.78 is 5.36. The molecule has 4 N–H and O–H groups in total. The molecule has 0 aliphatic heterocycles. The second kappa shape index (κ2) is 5.65. The fourth-order valence-corrected chi connectivity index (χ4v) is 1.51. The normalized spacial score (nSPS) is 14.1. The van der Waals surface area contributed by atoms with Gasteiger partial charge in [-0.1, -0.05) is 12.1 Å². The maximum absolute atomic E-state index is 11.1. The zero-order valence-corrected chi connectivity index (χ0v) is 10.1. The summed E-state index contributed by atoms with van der Waals surface area (Å²) >= 11 is 0. The van der Waals surface area contributed by atoms with Crippen molar-refractivity contribution in [3.8, 4) is 5.75 Å². The summed E-state index contributed by atoms with van der Waals surface area (Å²) in [5, 5.41) is 9.09. The number of ether oxygens (including phenoxy) is 1. The smallest absolute Gasteiger partial charge is 0.325 e. The molecule has 1 aromatic rings. The quantitative estimate of drug-likeness (QED) is 0.507. The largest absolute Gasteiger partial charge is 0.494 e. The van der Waals surface area contributed by atoms with E-state index in [9.17, 15) is 4.79 Å². The van der Waals surface area contributed by atoms with Gasteiger partial charge in [-0.05, 0) is 31.5 Å². The lowest BCUT2D eigenvalue weighted by atomic mass is 9.93. The van der Waals surface area contributed by atoms with E-state index >= 15 is 0 Å². The summed E-state index contributed by atoms with van der Waals surface area (Å²) in [6.07, 6.45) is 0.291. The van der Waals surface area contributed by atoms with Gasteiger partial charge in [0.05, 0.1) is 6.61 Å². The fourth-order valence-electron chi connectivity index (χ4n) is 1.51. The van der Waals surface area contributed by atoms with E-state index in [1.807, 2.05) is 31.2 Å². The summed E-state index contributed by atoms with van der Waals surface area (Å²) in [7, 11) is 0. The number of carbonyl (C=O) groups is 1. The number of carboxylic acids is 1. The van der Waals surface area contributed by atoms with E-state index in [1.165, 1.54) is 0 Å². The molecule has 5 nitrogen and oxygen atoms in total. The molecule has 0 aliphatic carbocycles. The number of hydrazine groups is 1. The van der Waals surface area contributed by atoms with Crippen LogP contribution < -0.4 is 16.0 Å². The topological polar surface area (TPSA) is 84.6 Å². The predicted octanol–water partition coefficient (Wildman–Crippen LogP) is 0.934. The Kier molecular flexibility index (Phi) is 4.48. The van der Waals surface area contributed by atoms with E-state index in [2.05, 4.69) is 5.43 Å². The Hall–Kier alpha value is -1.59. The molecule has 0 bridgehead atoms. The van der Waals surface area contributed by atoms with Gasteiger partial charge in [-0.25, -0.2) is 5.43 Å². The Balaban J connectivity index is 2.86. The van der Waals surface area contributed by atoms with Gasteiger partial charge >= 0.3 is 5.97 Å². The standard InChI is InChI=1S/C12H18N2O3/c1-3-17-10-6-4-5-9(7-10)8-12(2,14-13)11(15)16/h4-7,14H,3,8,13H2,1-2H3,(H,15,16). The van der Waals surface area contributed by atoms with Crippen LogP contribution in [0.4, 0.5) is 0 Å². The third-order valence-corrected chi connectivity index (χ3v) is 2.56. The first-order valence-corrected chi connectivity index (χ1v) is 5.44. The highest BCUT2D eigenvalue weighted by Crippen LogP contribution is 2.18. The van der Waals surface area contributed by atoms with Gasteiger partial charge in [0.25, 0.3) is 0 Å². The lowest BCUT2D eigenvalue weighted by Gasteiger charge is -2.23. The van der Waals surface area contributed by atoms with Gasteiger partial charge in [0.1, 0.15) is 11.3 Å². The predicted molar refractivity (Wildman–Crippen MR) is 64.7 cm³/mol. The number of carboxylic acid groups (broad SMARTS) is 1. The first kappa shape index (κ1) is 13.5. The van der Waals surface area contributed by atoms with E-state index in [4.69, 9.17) is 15.7 Å². The number of hydrogen-bond acceptors (Lipinski definition) is 4. The molecule has 1 unspecified atom stereocenters. The first-order valence-electron chi connectivity index (χ1n) is 5.44. The Morgan fingerprint density at radius 3 is 2.82 bits per heavy atom. The highest BCUT2D eigenvalue weighted by atomic mass is 16.5. The number of rotatable bonds is 6. The zero-order valence-electron chi connectivity index (χ0n) is 10.1. The number of benzene rings is 1. The minimum atomic E-state index is -1.18. The first-order chi connectivity index (χ1) is 8.01.